The van der Waals surface area contributed by atoms with Crippen LogP contribution in [0.2, 0.25) is 0 Å². The second-order valence-electron chi connectivity index (χ2n) is 4.71. The van der Waals surface area contributed by atoms with Crippen LogP contribution in [0.15, 0.2) is 24.5 Å². The van der Waals surface area contributed by atoms with E-state index in [2.05, 4.69) is 18.8 Å². The molecule has 92 valence electrons. The van der Waals surface area contributed by atoms with Crippen LogP contribution in [-0.2, 0) is 11.2 Å². The molecule has 1 saturated heterocycles. The monoisotopic (exact) mass is 232 g/mol. The first-order chi connectivity index (χ1) is 8.26. The van der Waals surface area contributed by atoms with E-state index in [0.29, 0.717) is 11.8 Å². The molecule has 0 aromatic carbocycles. The van der Waals surface area contributed by atoms with Crippen molar-refractivity contribution in [2.24, 2.45) is 11.8 Å². The molecule has 1 amide bonds. The molecular formula is C14H20N2O. The highest BCUT2D eigenvalue weighted by molar-refractivity contribution is 5.81. The SMILES string of the molecule is CCC1C(=O)N(CC)CC1Cc1ccncc1. The van der Waals surface area contributed by atoms with E-state index in [0.717, 1.165) is 25.9 Å². The van der Waals surface area contributed by atoms with Gasteiger partial charge in [-0.2, -0.15) is 0 Å². The molecule has 3 heteroatoms. The van der Waals surface area contributed by atoms with Gasteiger partial charge < -0.3 is 4.90 Å². The van der Waals surface area contributed by atoms with E-state index < -0.39 is 0 Å². The lowest BCUT2D eigenvalue weighted by Crippen LogP contribution is -2.26. The lowest BCUT2D eigenvalue weighted by Gasteiger charge is -2.14. The van der Waals surface area contributed by atoms with E-state index in [9.17, 15) is 4.79 Å². The maximum Gasteiger partial charge on any atom is 0.226 e. The van der Waals surface area contributed by atoms with Gasteiger partial charge in [0.2, 0.25) is 5.91 Å². The second kappa shape index (κ2) is 5.30. The summed E-state index contributed by atoms with van der Waals surface area (Å²) >= 11 is 0. The Hall–Kier alpha value is -1.38. The molecule has 2 heterocycles. The van der Waals surface area contributed by atoms with Crippen LogP contribution in [0.5, 0.6) is 0 Å². The van der Waals surface area contributed by atoms with Crippen LogP contribution < -0.4 is 0 Å². The standard InChI is InChI=1S/C14H20N2O/c1-3-13-12(10-16(4-2)14(13)17)9-11-5-7-15-8-6-11/h5-8,12-13H,3-4,9-10H2,1-2H3. The third kappa shape index (κ3) is 2.48. The summed E-state index contributed by atoms with van der Waals surface area (Å²) in [6.45, 7) is 5.92. The van der Waals surface area contributed by atoms with Gasteiger partial charge in [0.1, 0.15) is 0 Å². The molecule has 0 bridgehead atoms. The van der Waals surface area contributed by atoms with E-state index in [1.54, 1.807) is 0 Å². The number of likely N-dealkylation sites (tertiary alicyclic amines) is 1. The Bertz CT molecular complexity index is 377. The Morgan fingerprint density at radius 2 is 2.06 bits per heavy atom. The minimum absolute atomic E-state index is 0.211. The zero-order valence-corrected chi connectivity index (χ0v) is 10.6. The highest BCUT2D eigenvalue weighted by atomic mass is 16.2. The van der Waals surface area contributed by atoms with Crippen molar-refractivity contribution < 1.29 is 4.79 Å². The predicted octanol–water partition coefficient (Wildman–Crippen LogP) is 2.13. The van der Waals surface area contributed by atoms with Crippen LogP contribution in [0, 0.1) is 11.8 Å². The fraction of sp³-hybridized carbons (Fsp3) is 0.571. The van der Waals surface area contributed by atoms with Crippen molar-refractivity contribution >= 4 is 5.91 Å². The molecule has 0 aliphatic carbocycles. The van der Waals surface area contributed by atoms with Crippen LogP contribution in [0.3, 0.4) is 0 Å². The minimum atomic E-state index is 0.211. The summed E-state index contributed by atoms with van der Waals surface area (Å²) in [4.78, 5) is 18.1. The van der Waals surface area contributed by atoms with Gasteiger partial charge in [0.25, 0.3) is 0 Å². The van der Waals surface area contributed by atoms with Crippen LogP contribution in [0.1, 0.15) is 25.8 Å². The maximum atomic E-state index is 12.1. The molecule has 1 aliphatic heterocycles. The average Bonchev–Trinajstić information content (AvgIpc) is 2.66. The number of hydrogen-bond donors (Lipinski definition) is 0. The third-order valence-electron chi connectivity index (χ3n) is 3.72. The lowest BCUT2D eigenvalue weighted by molar-refractivity contribution is -0.131. The van der Waals surface area contributed by atoms with Crippen LogP contribution in [-0.4, -0.2) is 28.9 Å². The Morgan fingerprint density at radius 3 is 2.65 bits per heavy atom. The summed E-state index contributed by atoms with van der Waals surface area (Å²) in [5.41, 5.74) is 1.29. The van der Waals surface area contributed by atoms with Gasteiger partial charge in [-0.3, -0.25) is 9.78 Å². The summed E-state index contributed by atoms with van der Waals surface area (Å²) in [6.07, 6.45) is 5.59. The number of aromatic nitrogens is 1. The highest BCUT2D eigenvalue weighted by Crippen LogP contribution is 2.29. The number of amides is 1. The van der Waals surface area contributed by atoms with Crippen molar-refractivity contribution in [3.05, 3.63) is 30.1 Å². The van der Waals surface area contributed by atoms with Crippen LogP contribution in [0.25, 0.3) is 0 Å². The molecule has 0 spiro atoms. The molecule has 0 N–H and O–H groups in total. The topological polar surface area (TPSA) is 33.2 Å². The minimum Gasteiger partial charge on any atom is -0.342 e. The van der Waals surface area contributed by atoms with Crippen molar-refractivity contribution in [2.45, 2.75) is 26.7 Å². The third-order valence-corrected chi connectivity index (χ3v) is 3.72. The van der Waals surface area contributed by atoms with Crippen LogP contribution >= 0.6 is 0 Å². The summed E-state index contributed by atoms with van der Waals surface area (Å²) < 4.78 is 0. The first-order valence-electron chi connectivity index (χ1n) is 6.44. The Kier molecular flexibility index (Phi) is 3.77. The van der Waals surface area contributed by atoms with Gasteiger partial charge in [-0.15, -0.1) is 0 Å². The maximum absolute atomic E-state index is 12.1. The number of pyridine rings is 1. The number of nitrogens with zero attached hydrogens (tertiary/aromatic N) is 2. The van der Waals surface area contributed by atoms with Gasteiger partial charge in [0.05, 0.1) is 0 Å². The molecule has 1 aromatic rings. The first-order valence-corrected chi connectivity index (χ1v) is 6.44. The Labute approximate surface area is 103 Å². The molecule has 0 saturated carbocycles. The number of hydrogen-bond acceptors (Lipinski definition) is 2. The van der Waals surface area contributed by atoms with E-state index in [4.69, 9.17) is 0 Å². The lowest BCUT2D eigenvalue weighted by atomic mass is 9.88. The van der Waals surface area contributed by atoms with Gasteiger partial charge in [-0.1, -0.05) is 6.92 Å². The molecule has 0 radical (unpaired) electrons. The van der Waals surface area contributed by atoms with Crippen molar-refractivity contribution in [1.29, 1.82) is 0 Å². The molecule has 2 atom stereocenters. The zero-order chi connectivity index (χ0) is 12.3. The molecule has 2 unspecified atom stereocenters. The first kappa shape index (κ1) is 12.1. The number of carbonyl (C=O) groups is 1. The summed E-state index contributed by atoms with van der Waals surface area (Å²) in [7, 11) is 0. The number of carbonyl (C=O) groups excluding carboxylic acids is 1. The van der Waals surface area contributed by atoms with Crippen molar-refractivity contribution in [2.75, 3.05) is 13.1 Å². The molecule has 2 rings (SSSR count). The van der Waals surface area contributed by atoms with Crippen molar-refractivity contribution in [1.82, 2.24) is 9.88 Å². The van der Waals surface area contributed by atoms with Crippen molar-refractivity contribution in [3.8, 4) is 0 Å². The van der Waals surface area contributed by atoms with Crippen molar-refractivity contribution in [3.63, 3.8) is 0 Å². The molecule has 17 heavy (non-hydrogen) atoms. The summed E-state index contributed by atoms with van der Waals surface area (Å²) in [5, 5.41) is 0. The van der Waals surface area contributed by atoms with Gasteiger partial charge in [-0.05, 0) is 43.4 Å². The second-order valence-corrected chi connectivity index (χ2v) is 4.71. The van der Waals surface area contributed by atoms with E-state index in [1.165, 1.54) is 5.56 Å². The fourth-order valence-corrected chi connectivity index (χ4v) is 2.76. The molecule has 1 aromatic heterocycles. The van der Waals surface area contributed by atoms with Crippen LogP contribution in [0.4, 0.5) is 0 Å². The van der Waals surface area contributed by atoms with E-state index >= 15 is 0 Å². The highest BCUT2D eigenvalue weighted by Gasteiger charge is 2.37. The van der Waals surface area contributed by atoms with E-state index in [-0.39, 0.29) is 5.92 Å². The normalized spacial score (nSPS) is 24.4. The van der Waals surface area contributed by atoms with Gasteiger partial charge in [0.15, 0.2) is 0 Å². The van der Waals surface area contributed by atoms with E-state index in [1.807, 2.05) is 29.4 Å². The quantitative estimate of drug-likeness (QED) is 0.796. The molecular weight excluding hydrogens is 212 g/mol. The summed E-state index contributed by atoms with van der Waals surface area (Å²) in [5.74, 6) is 1.02. The fourth-order valence-electron chi connectivity index (χ4n) is 2.76. The molecule has 3 nitrogen and oxygen atoms in total. The molecule has 1 aliphatic rings. The number of rotatable bonds is 4. The largest absolute Gasteiger partial charge is 0.342 e. The molecule has 1 fully saturated rings. The van der Waals surface area contributed by atoms with Gasteiger partial charge in [-0.25, -0.2) is 0 Å². The Balaban J connectivity index is 2.08. The smallest absolute Gasteiger partial charge is 0.226 e. The Morgan fingerprint density at radius 1 is 1.35 bits per heavy atom. The summed E-state index contributed by atoms with van der Waals surface area (Å²) in [6, 6.07) is 4.09. The predicted molar refractivity (Wildman–Crippen MR) is 67.5 cm³/mol. The van der Waals surface area contributed by atoms with Gasteiger partial charge >= 0.3 is 0 Å². The average molecular weight is 232 g/mol. The van der Waals surface area contributed by atoms with Gasteiger partial charge in [0, 0.05) is 31.4 Å². The zero-order valence-electron chi connectivity index (χ0n) is 10.6.